The lowest BCUT2D eigenvalue weighted by Gasteiger charge is -2.34. The maximum absolute atomic E-state index is 13.0. The number of aryl methyl sites for hydroxylation is 2. The van der Waals surface area contributed by atoms with Crippen molar-refractivity contribution in [2.45, 2.75) is 39.3 Å². The maximum atomic E-state index is 13.0. The summed E-state index contributed by atoms with van der Waals surface area (Å²) in [6.45, 7) is 9.57. The largest absolute Gasteiger partial charge is 0.491 e. The van der Waals surface area contributed by atoms with E-state index in [4.69, 9.17) is 14.5 Å². The average molecular weight is 449 g/mol. The van der Waals surface area contributed by atoms with E-state index in [2.05, 4.69) is 41.5 Å². The molecule has 2 aliphatic rings. The molecule has 0 N–H and O–H groups in total. The van der Waals surface area contributed by atoms with E-state index < -0.39 is 0 Å². The Kier molecular flexibility index (Phi) is 6.33. The highest BCUT2D eigenvalue weighted by molar-refractivity contribution is 5.94. The van der Waals surface area contributed by atoms with Gasteiger partial charge in [0.05, 0.1) is 17.5 Å². The van der Waals surface area contributed by atoms with Gasteiger partial charge in [0.2, 0.25) is 0 Å². The van der Waals surface area contributed by atoms with Crippen molar-refractivity contribution in [1.29, 1.82) is 0 Å². The number of benzene rings is 1. The van der Waals surface area contributed by atoms with E-state index in [-0.39, 0.29) is 12.0 Å². The van der Waals surface area contributed by atoms with E-state index in [9.17, 15) is 4.79 Å². The highest BCUT2D eigenvalue weighted by Crippen LogP contribution is 2.19. The molecule has 7 nitrogen and oxygen atoms in total. The van der Waals surface area contributed by atoms with Gasteiger partial charge in [-0.3, -0.25) is 9.69 Å². The Labute approximate surface area is 194 Å². The number of carbonyl (C=O) groups is 1. The summed E-state index contributed by atoms with van der Waals surface area (Å²) in [5.41, 5.74) is 5.22. The van der Waals surface area contributed by atoms with Crippen LogP contribution in [-0.4, -0.2) is 70.6 Å². The van der Waals surface area contributed by atoms with Crippen LogP contribution in [0.5, 0.6) is 5.75 Å². The SMILES string of the molecule is Cc1ccn2c(CN3CCN(C(=O)c4ccc(OCC5CCCO5)cc4)CC3)c(C)nc2c1. The maximum Gasteiger partial charge on any atom is 0.253 e. The van der Waals surface area contributed by atoms with Crippen molar-refractivity contribution in [1.82, 2.24) is 19.2 Å². The summed E-state index contributed by atoms with van der Waals surface area (Å²) in [7, 11) is 0. The molecule has 0 spiro atoms. The summed E-state index contributed by atoms with van der Waals surface area (Å²) >= 11 is 0. The number of carbonyl (C=O) groups excluding carboxylic acids is 1. The second-order valence-electron chi connectivity index (χ2n) is 9.11. The van der Waals surface area contributed by atoms with E-state index in [0.29, 0.717) is 12.2 Å². The smallest absolute Gasteiger partial charge is 0.253 e. The molecule has 2 aromatic heterocycles. The summed E-state index contributed by atoms with van der Waals surface area (Å²) in [6.07, 6.45) is 4.45. The summed E-state index contributed by atoms with van der Waals surface area (Å²) < 4.78 is 13.6. The molecule has 2 saturated heterocycles. The molecule has 5 rings (SSSR count). The van der Waals surface area contributed by atoms with E-state index in [1.54, 1.807) is 0 Å². The summed E-state index contributed by atoms with van der Waals surface area (Å²) in [4.78, 5) is 22.1. The highest BCUT2D eigenvalue weighted by atomic mass is 16.5. The number of piperazine rings is 1. The Morgan fingerprint density at radius 2 is 1.91 bits per heavy atom. The van der Waals surface area contributed by atoms with E-state index in [1.165, 1.54) is 11.3 Å². The van der Waals surface area contributed by atoms with Crippen molar-refractivity contribution >= 4 is 11.6 Å². The highest BCUT2D eigenvalue weighted by Gasteiger charge is 2.24. The van der Waals surface area contributed by atoms with Gasteiger partial charge in [0.25, 0.3) is 5.91 Å². The summed E-state index contributed by atoms with van der Waals surface area (Å²) in [5.74, 6) is 0.868. The molecule has 2 aliphatic heterocycles. The molecule has 1 aromatic carbocycles. The fourth-order valence-corrected chi connectivity index (χ4v) is 4.67. The van der Waals surface area contributed by atoms with E-state index in [0.717, 1.165) is 69.3 Å². The average Bonchev–Trinajstić information content (AvgIpc) is 3.46. The molecule has 2 fully saturated rings. The van der Waals surface area contributed by atoms with Crippen LogP contribution in [0.1, 0.15) is 40.2 Å². The van der Waals surface area contributed by atoms with Gasteiger partial charge in [-0.1, -0.05) is 0 Å². The zero-order valence-corrected chi connectivity index (χ0v) is 19.5. The molecule has 1 atom stereocenters. The van der Waals surface area contributed by atoms with Gasteiger partial charge >= 0.3 is 0 Å². The fourth-order valence-electron chi connectivity index (χ4n) is 4.67. The van der Waals surface area contributed by atoms with Crippen LogP contribution >= 0.6 is 0 Å². The molecule has 4 heterocycles. The predicted molar refractivity (Wildman–Crippen MR) is 127 cm³/mol. The molecule has 7 heteroatoms. The van der Waals surface area contributed by atoms with E-state index >= 15 is 0 Å². The Hall–Kier alpha value is -2.90. The monoisotopic (exact) mass is 448 g/mol. The van der Waals surface area contributed by atoms with Crippen molar-refractivity contribution in [2.75, 3.05) is 39.4 Å². The molecule has 1 unspecified atom stereocenters. The topological polar surface area (TPSA) is 59.3 Å². The summed E-state index contributed by atoms with van der Waals surface area (Å²) in [5, 5.41) is 0. The lowest BCUT2D eigenvalue weighted by atomic mass is 10.1. The number of imidazole rings is 1. The Morgan fingerprint density at radius 1 is 1.12 bits per heavy atom. The Balaban J connectivity index is 1.15. The molecule has 0 saturated carbocycles. The quantitative estimate of drug-likeness (QED) is 0.578. The molecule has 0 radical (unpaired) electrons. The van der Waals surface area contributed by atoms with Gasteiger partial charge in [-0.15, -0.1) is 0 Å². The number of fused-ring (bicyclic) bond motifs is 1. The van der Waals surface area contributed by atoms with Crippen LogP contribution in [0.4, 0.5) is 0 Å². The summed E-state index contributed by atoms with van der Waals surface area (Å²) in [6, 6.07) is 11.7. The van der Waals surface area contributed by atoms with Crippen LogP contribution < -0.4 is 4.74 Å². The first kappa shape index (κ1) is 21.9. The van der Waals surface area contributed by atoms with Crippen LogP contribution in [0, 0.1) is 13.8 Å². The zero-order valence-electron chi connectivity index (χ0n) is 19.5. The first-order valence-corrected chi connectivity index (χ1v) is 11.9. The van der Waals surface area contributed by atoms with Crippen molar-refractivity contribution in [3.63, 3.8) is 0 Å². The van der Waals surface area contributed by atoms with Crippen molar-refractivity contribution < 1.29 is 14.3 Å². The third-order valence-electron chi connectivity index (χ3n) is 6.67. The van der Waals surface area contributed by atoms with Crippen molar-refractivity contribution in [3.8, 4) is 5.75 Å². The molecule has 3 aromatic rings. The normalized spacial score (nSPS) is 19.3. The van der Waals surface area contributed by atoms with Crippen LogP contribution in [-0.2, 0) is 11.3 Å². The lowest BCUT2D eigenvalue weighted by molar-refractivity contribution is 0.0625. The molecule has 0 bridgehead atoms. The van der Waals surface area contributed by atoms with Crippen molar-refractivity contribution in [2.24, 2.45) is 0 Å². The minimum atomic E-state index is 0.0850. The number of nitrogens with zero attached hydrogens (tertiary/aromatic N) is 4. The first-order valence-electron chi connectivity index (χ1n) is 11.9. The van der Waals surface area contributed by atoms with Gasteiger partial charge in [0, 0.05) is 51.1 Å². The van der Waals surface area contributed by atoms with Gasteiger partial charge in [-0.2, -0.15) is 0 Å². The van der Waals surface area contributed by atoms with Crippen molar-refractivity contribution in [3.05, 3.63) is 65.1 Å². The zero-order chi connectivity index (χ0) is 22.8. The fraction of sp³-hybridized carbons (Fsp3) is 0.462. The standard InChI is InChI=1S/C26H32N4O3/c1-19-9-10-30-24(20(2)27-25(30)16-19)17-28-11-13-29(14-12-28)26(31)21-5-7-22(8-6-21)33-18-23-4-3-15-32-23/h5-10,16,23H,3-4,11-15,17-18H2,1-2H3. The predicted octanol–water partition coefficient (Wildman–Crippen LogP) is 3.47. The van der Waals surface area contributed by atoms with Gasteiger partial charge in [-0.25, -0.2) is 4.98 Å². The second-order valence-corrected chi connectivity index (χ2v) is 9.11. The van der Waals surface area contributed by atoms with Gasteiger partial charge < -0.3 is 18.8 Å². The third kappa shape index (κ3) is 4.89. The van der Waals surface area contributed by atoms with Crippen LogP contribution in [0.2, 0.25) is 0 Å². The van der Waals surface area contributed by atoms with Gasteiger partial charge in [-0.05, 0) is 68.7 Å². The number of hydrogen-bond donors (Lipinski definition) is 0. The Bertz CT molecular complexity index is 1110. The number of pyridine rings is 1. The molecule has 0 aliphatic carbocycles. The number of ether oxygens (including phenoxy) is 2. The molecular weight excluding hydrogens is 416 g/mol. The number of aromatic nitrogens is 2. The molecule has 174 valence electrons. The minimum absolute atomic E-state index is 0.0850. The Morgan fingerprint density at radius 3 is 2.64 bits per heavy atom. The third-order valence-corrected chi connectivity index (χ3v) is 6.67. The second kappa shape index (κ2) is 9.53. The number of hydrogen-bond acceptors (Lipinski definition) is 5. The van der Waals surface area contributed by atoms with Gasteiger partial charge in [0.1, 0.15) is 18.0 Å². The van der Waals surface area contributed by atoms with Crippen LogP contribution in [0.15, 0.2) is 42.6 Å². The van der Waals surface area contributed by atoms with Crippen LogP contribution in [0.25, 0.3) is 5.65 Å². The molecule has 33 heavy (non-hydrogen) atoms. The molecule has 1 amide bonds. The number of rotatable bonds is 6. The number of amides is 1. The molecular formula is C26H32N4O3. The van der Waals surface area contributed by atoms with Crippen LogP contribution in [0.3, 0.4) is 0 Å². The van der Waals surface area contributed by atoms with E-state index in [1.807, 2.05) is 29.2 Å². The first-order chi connectivity index (χ1) is 16.1. The minimum Gasteiger partial charge on any atom is -0.491 e. The van der Waals surface area contributed by atoms with Gasteiger partial charge in [0.15, 0.2) is 0 Å². The lowest BCUT2D eigenvalue weighted by Crippen LogP contribution is -2.48.